The number of nitrogens with zero attached hydrogens (tertiary/aromatic N) is 2. The molecule has 1 aromatic rings. The van der Waals surface area contributed by atoms with Gasteiger partial charge in [-0.2, -0.15) is 0 Å². The number of anilines is 2. The molecule has 2 saturated heterocycles. The molecule has 2 amide bonds. The van der Waals surface area contributed by atoms with E-state index in [1.807, 2.05) is 13.8 Å². The first-order chi connectivity index (χ1) is 14.9. The molecule has 3 rings (SSSR count). The molecule has 0 radical (unpaired) electrons. The molecule has 2 aliphatic heterocycles. The molecule has 2 atom stereocenters. The van der Waals surface area contributed by atoms with Crippen molar-refractivity contribution in [3.63, 3.8) is 0 Å². The van der Waals surface area contributed by atoms with Crippen molar-refractivity contribution in [1.29, 1.82) is 0 Å². The molecule has 0 bridgehead atoms. The lowest BCUT2D eigenvalue weighted by Gasteiger charge is -2.37. The predicted octanol–water partition coefficient (Wildman–Crippen LogP) is 3.15. The number of nitrogens with one attached hydrogen (secondary N) is 2. The number of urea groups is 1. The standard InChI is InChI=1S/C22H35FN4O4S/c1-15-13-27(14-16(2)31-15)18-6-7-20(19(23)12-18)24-21(28)26-10-8-17(9-11-26)25-32(29,30)22(3,4)5/h6-7,12,15-17,25H,8-11,13-14H2,1-5H3,(H,24,28)/t15-,16+. The molecule has 1 aromatic carbocycles. The maximum absolute atomic E-state index is 14.7. The molecule has 180 valence electrons. The largest absolute Gasteiger partial charge is 0.372 e. The first kappa shape index (κ1) is 24.7. The van der Waals surface area contributed by atoms with Gasteiger partial charge in [0.25, 0.3) is 0 Å². The van der Waals surface area contributed by atoms with Crippen molar-refractivity contribution in [2.24, 2.45) is 0 Å². The molecule has 0 spiro atoms. The van der Waals surface area contributed by atoms with Gasteiger partial charge in [0.05, 0.1) is 22.6 Å². The Hall–Kier alpha value is -1.91. The summed E-state index contributed by atoms with van der Waals surface area (Å²) in [5.41, 5.74) is 0.887. The number of piperidine rings is 1. The lowest BCUT2D eigenvalue weighted by atomic mass is 10.1. The number of likely N-dealkylation sites (tertiary alicyclic amines) is 1. The van der Waals surface area contributed by atoms with E-state index in [1.54, 1.807) is 37.8 Å². The monoisotopic (exact) mass is 470 g/mol. The topological polar surface area (TPSA) is 91.0 Å². The Kier molecular flexibility index (Phi) is 7.36. The van der Waals surface area contributed by atoms with E-state index in [9.17, 15) is 17.6 Å². The quantitative estimate of drug-likeness (QED) is 0.706. The van der Waals surface area contributed by atoms with Gasteiger partial charge in [0, 0.05) is 37.9 Å². The van der Waals surface area contributed by atoms with Crippen molar-refractivity contribution < 1.29 is 22.3 Å². The molecule has 2 N–H and O–H groups in total. The average molecular weight is 471 g/mol. The van der Waals surface area contributed by atoms with Gasteiger partial charge in [0.15, 0.2) is 0 Å². The van der Waals surface area contributed by atoms with E-state index in [4.69, 9.17) is 4.74 Å². The van der Waals surface area contributed by atoms with Gasteiger partial charge in [-0.15, -0.1) is 0 Å². The van der Waals surface area contributed by atoms with Crippen LogP contribution in [0.15, 0.2) is 18.2 Å². The van der Waals surface area contributed by atoms with Gasteiger partial charge < -0.3 is 19.9 Å². The number of carbonyl (C=O) groups is 1. The highest BCUT2D eigenvalue weighted by Gasteiger charge is 2.33. The van der Waals surface area contributed by atoms with Gasteiger partial charge in [0.1, 0.15) is 5.82 Å². The summed E-state index contributed by atoms with van der Waals surface area (Å²) in [6.45, 7) is 11.1. The third kappa shape index (κ3) is 5.90. The third-order valence-corrected chi connectivity index (χ3v) is 8.15. The number of hydrogen-bond donors (Lipinski definition) is 2. The van der Waals surface area contributed by atoms with Crippen molar-refractivity contribution in [3.05, 3.63) is 24.0 Å². The fourth-order valence-corrected chi connectivity index (χ4v) is 5.01. The van der Waals surface area contributed by atoms with Gasteiger partial charge in [-0.3, -0.25) is 0 Å². The lowest BCUT2D eigenvalue weighted by molar-refractivity contribution is -0.00523. The van der Waals surface area contributed by atoms with Crippen molar-refractivity contribution in [3.8, 4) is 0 Å². The lowest BCUT2D eigenvalue weighted by Crippen LogP contribution is -2.50. The summed E-state index contributed by atoms with van der Waals surface area (Å²) < 4.78 is 47.0. The van der Waals surface area contributed by atoms with Crippen LogP contribution in [0.1, 0.15) is 47.5 Å². The van der Waals surface area contributed by atoms with E-state index < -0.39 is 20.6 Å². The maximum Gasteiger partial charge on any atom is 0.321 e. The van der Waals surface area contributed by atoms with Crippen LogP contribution in [-0.4, -0.2) is 68.5 Å². The molecule has 0 saturated carbocycles. The Morgan fingerprint density at radius 3 is 2.25 bits per heavy atom. The average Bonchev–Trinajstić information content (AvgIpc) is 2.68. The molecule has 10 heteroatoms. The maximum atomic E-state index is 14.7. The molecule has 2 aliphatic rings. The van der Waals surface area contributed by atoms with Crippen LogP contribution in [0.4, 0.5) is 20.6 Å². The van der Waals surface area contributed by atoms with Crippen molar-refractivity contribution in [2.75, 3.05) is 36.4 Å². The van der Waals surface area contributed by atoms with Crippen LogP contribution in [-0.2, 0) is 14.8 Å². The smallest absolute Gasteiger partial charge is 0.321 e. The van der Waals surface area contributed by atoms with Crippen LogP contribution in [0.3, 0.4) is 0 Å². The zero-order valence-corrected chi connectivity index (χ0v) is 20.3. The first-order valence-corrected chi connectivity index (χ1v) is 12.6. The predicted molar refractivity (Wildman–Crippen MR) is 124 cm³/mol. The number of benzene rings is 1. The number of morpholine rings is 1. The summed E-state index contributed by atoms with van der Waals surface area (Å²) in [5.74, 6) is -0.490. The number of ether oxygens (including phenoxy) is 1. The molecular formula is C22H35FN4O4S. The summed E-state index contributed by atoms with van der Waals surface area (Å²) in [5, 5.41) is 2.65. The first-order valence-electron chi connectivity index (χ1n) is 11.1. The molecule has 0 unspecified atom stereocenters. The van der Waals surface area contributed by atoms with Gasteiger partial charge in [-0.05, 0) is 65.7 Å². The highest BCUT2D eigenvalue weighted by Crippen LogP contribution is 2.26. The number of amides is 2. The van der Waals surface area contributed by atoms with E-state index in [-0.39, 0.29) is 30.0 Å². The van der Waals surface area contributed by atoms with Crippen LogP contribution in [0, 0.1) is 5.82 Å². The van der Waals surface area contributed by atoms with E-state index >= 15 is 0 Å². The third-order valence-electron chi connectivity index (χ3n) is 5.89. The Bertz CT molecular complexity index is 916. The summed E-state index contributed by atoms with van der Waals surface area (Å²) >= 11 is 0. The van der Waals surface area contributed by atoms with Crippen LogP contribution < -0.4 is 14.9 Å². The molecule has 8 nitrogen and oxygen atoms in total. The van der Waals surface area contributed by atoms with Gasteiger partial charge in [0.2, 0.25) is 10.0 Å². The van der Waals surface area contributed by atoms with Crippen molar-refractivity contribution in [2.45, 2.75) is 70.5 Å². The molecule has 0 aromatic heterocycles. The number of hydrogen-bond acceptors (Lipinski definition) is 5. The Morgan fingerprint density at radius 1 is 1.12 bits per heavy atom. The van der Waals surface area contributed by atoms with E-state index in [1.165, 1.54) is 6.07 Å². The van der Waals surface area contributed by atoms with Crippen LogP contribution >= 0.6 is 0 Å². The van der Waals surface area contributed by atoms with Crippen LogP contribution in [0.5, 0.6) is 0 Å². The fraction of sp³-hybridized carbons (Fsp3) is 0.682. The number of carbonyl (C=O) groups excluding carboxylic acids is 1. The zero-order valence-electron chi connectivity index (χ0n) is 19.5. The molecule has 0 aliphatic carbocycles. The van der Waals surface area contributed by atoms with Crippen molar-refractivity contribution in [1.82, 2.24) is 9.62 Å². The van der Waals surface area contributed by atoms with Crippen LogP contribution in [0.25, 0.3) is 0 Å². The van der Waals surface area contributed by atoms with Gasteiger partial charge in [-0.1, -0.05) is 0 Å². The fourth-order valence-electron chi connectivity index (χ4n) is 3.98. The SMILES string of the molecule is C[C@@H]1CN(c2ccc(NC(=O)N3CCC(NS(=O)(=O)C(C)(C)C)CC3)c(F)c2)C[C@H](C)O1. The minimum atomic E-state index is -3.44. The minimum Gasteiger partial charge on any atom is -0.372 e. The Balaban J connectivity index is 1.55. The van der Waals surface area contributed by atoms with Gasteiger partial charge >= 0.3 is 6.03 Å². The van der Waals surface area contributed by atoms with Crippen molar-refractivity contribution >= 4 is 27.4 Å². The summed E-state index contributed by atoms with van der Waals surface area (Å²) in [6, 6.07) is 4.22. The Labute approximate surface area is 190 Å². The van der Waals surface area contributed by atoms with E-state index in [2.05, 4.69) is 14.9 Å². The molecule has 32 heavy (non-hydrogen) atoms. The number of rotatable bonds is 4. The minimum absolute atomic E-state index is 0.0667. The number of halogens is 1. The Morgan fingerprint density at radius 2 is 1.72 bits per heavy atom. The molecule has 2 heterocycles. The normalized spacial score (nSPS) is 23.3. The second-order valence-corrected chi connectivity index (χ2v) is 12.2. The second-order valence-electron chi connectivity index (χ2n) is 9.75. The van der Waals surface area contributed by atoms with Gasteiger partial charge in [-0.25, -0.2) is 22.3 Å². The highest BCUT2D eigenvalue weighted by atomic mass is 32.2. The summed E-state index contributed by atoms with van der Waals surface area (Å²) in [4.78, 5) is 16.3. The molecular weight excluding hydrogens is 435 g/mol. The number of sulfonamides is 1. The van der Waals surface area contributed by atoms with E-state index in [0.717, 1.165) is 5.69 Å². The van der Waals surface area contributed by atoms with E-state index in [0.29, 0.717) is 39.0 Å². The van der Waals surface area contributed by atoms with Crippen LogP contribution in [0.2, 0.25) is 0 Å². The second kappa shape index (κ2) is 9.52. The summed E-state index contributed by atoms with van der Waals surface area (Å²) in [6.07, 6.45) is 1.16. The summed E-state index contributed by atoms with van der Waals surface area (Å²) in [7, 11) is -3.44. The highest BCUT2D eigenvalue weighted by molar-refractivity contribution is 7.90. The zero-order chi connectivity index (χ0) is 23.7. The molecule has 2 fully saturated rings.